The number of nitriles is 1. The molecule has 0 saturated carbocycles. The summed E-state index contributed by atoms with van der Waals surface area (Å²) in [6.07, 6.45) is 1.88. The SMILES string of the molecule is N#Cc1cccc2c1ccn2Cc1cc(F)ccc1N. The molecule has 1 aromatic heterocycles. The normalized spacial score (nSPS) is 10.6. The number of hydrogen-bond donors (Lipinski definition) is 1. The van der Waals surface area contributed by atoms with E-state index in [4.69, 9.17) is 11.0 Å². The highest BCUT2D eigenvalue weighted by atomic mass is 19.1. The number of nitrogens with zero attached hydrogens (tertiary/aromatic N) is 2. The average Bonchev–Trinajstić information content (AvgIpc) is 2.86. The van der Waals surface area contributed by atoms with Crippen LogP contribution in [-0.2, 0) is 6.54 Å². The minimum atomic E-state index is -0.302. The second-order valence-electron chi connectivity index (χ2n) is 4.64. The number of nitrogen functional groups attached to an aromatic ring is 1. The van der Waals surface area contributed by atoms with Crippen LogP contribution in [0.1, 0.15) is 11.1 Å². The van der Waals surface area contributed by atoms with Crippen LogP contribution in [0.2, 0.25) is 0 Å². The van der Waals surface area contributed by atoms with E-state index in [2.05, 4.69) is 6.07 Å². The monoisotopic (exact) mass is 265 g/mol. The number of hydrogen-bond acceptors (Lipinski definition) is 2. The molecule has 0 radical (unpaired) electrons. The molecule has 1 heterocycles. The van der Waals surface area contributed by atoms with Crippen molar-refractivity contribution in [2.75, 3.05) is 5.73 Å². The first kappa shape index (κ1) is 12.2. The lowest BCUT2D eigenvalue weighted by Gasteiger charge is -2.09. The quantitative estimate of drug-likeness (QED) is 0.723. The van der Waals surface area contributed by atoms with Crippen LogP contribution in [0, 0.1) is 17.1 Å². The van der Waals surface area contributed by atoms with Crippen LogP contribution >= 0.6 is 0 Å². The highest BCUT2D eigenvalue weighted by Crippen LogP contribution is 2.22. The van der Waals surface area contributed by atoms with Crippen LogP contribution < -0.4 is 5.73 Å². The van der Waals surface area contributed by atoms with E-state index in [1.165, 1.54) is 12.1 Å². The topological polar surface area (TPSA) is 54.7 Å². The maximum atomic E-state index is 13.3. The molecular formula is C16H12FN3. The third-order valence-electron chi connectivity index (χ3n) is 3.38. The van der Waals surface area contributed by atoms with Crippen molar-refractivity contribution in [2.24, 2.45) is 0 Å². The van der Waals surface area contributed by atoms with Gasteiger partial charge in [0.05, 0.1) is 11.6 Å². The molecule has 0 fully saturated rings. The van der Waals surface area contributed by atoms with Gasteiger partial charge in [-0.1, -0.05) is 6.07 Å². The van der Waals surface area contributed by atoms with Gasteiger partial charge in [0.25, 0.3) is 0 Å². The van der Waals surface area contributed by atoms with E-state index in [-0.39, 0.29) is 5.82 Å². The van der Waals surface area contributed by atoms with Crippen molar-refractivity contribution in [1.82, 2.24) is 4.57 Å². The van der Waals surface area contributed by atoms with Gasteiger partial charge in [-0.3, -0.25) is 0 Å². The number of aromatic nitrogens is 1. The van der Waals surface area contributed by atoms with Crippen molar-refractivity contribution in [3.63, 3.8) is 0 Å². The van der Waals surface area contributed by atoms with E-state index >= 15 is 0 Å². The molecule has 0 spiro atoms. The van der Waals surface area contributed by atoms with Gasteiger partial charge in [-0.15, -0.1) is 0 Å². The molecule has 3 nitrogen and oxygen atoms in total. The predicted octanol–water partition coefficient (Wildman–Crippen LogP) is 3.28. The van der Waals surface area contributed by atoms with Gasteiger partial charge in [0, 0.05) is 29.3 Å². The lowest BCUT2D eigenvalue weighted by molar-refractivity contribution is 0.624. The van der Waals surface area contributed by atoms with Crippen molar-refractivity contribution in [2.45, 2.75) is 6.54 Å². The Kier molecular flexibility index (Phi) is 2.88. The second-order valence-corrected chi connectivity index (χ2v) is 4.64. The third kappa shape index (κ3) is 1.99. The largest absolute Gasteiger partial charge is 0.398 e. The van der Waals surface area contributed by atoms with Crippen molar-refractivity contribution in [3.05, 3.63) is 65.6 Å². The minimum Gasteiger partial charge on any atom is -0.398 e. The van der Waals surface area contributed by atoms with E-state index in [1.807, 2.05) is 29.0 Å². The number of rotatable bonds is 2. The molecule has 0 atom stereocenters. The molecule has 3 rings (SSSR count). The maximum Gasteiger partial charge on any atom is 0.123 e. The van der Waals surface area contributed by atoms with E-state index < -0.39 is 0 Å². The summed E-state index contributed by atoms with van der Waals surface area (Å²) in [7, 11) is 0. The number of anilines is 1. The van der Waals surface area contributed by atoms with Gasteiger partial charge in [-0.05, 0) is 42.0 Å². The molecule has 4 heteroatoms. The lowest BCUT2D eigenvalue weighted by atomic mass is 10.1. The highest BCUT2D eigenvalue weighted by molar-refractivity contribution is 5.86. The molecule has 20 heavy (non-hydrogen) atoms. The molecule has 0 unspecified atom stereocenters. The summed E-state index contributed by atoms with van der Waals surface area (Å²) in [4.78, 5) is 0. The van der Waals surface area contributed by atoms with Crippen LogP contribution in [0.15, 0.2) is 48.7 Å². The molecule has 0 aliphatic carbocycles. The number of fused-ring (bicyclic) bond motifs is 1. The van der Waals surface area contributed by atoms with Gasteiger partial charge in [0.2, 0.25) is 0 Å². The van der Waals surface area contributed by atoms with E-state index in [0.717, 1.165) is 16.5 Å². The summed E-state index contributed by atoms with van der Waals surface area (Å²) in [5.74, 6) is -0.302. The summed E-state index contributed by atoms with van der Waals surface area (Å²) < 4.78 is 15.3. The molecule has 3 aromatic rings. The van der Waals surface area contributed by atoms with Crippen LogP contribution in [0.4, 0.5) is 10.1 Å². The van der Waals surface area contributed by atoms with Gasteiger partial charge in [0.15, 0.2) is 0 Å². The highest BCUT2D eigenvalue weighted by Gasteiger charge is 2.07. The molecule has 0 aliphatic heterocycles. The van der Waals surface area contributed by atoms with E-state index in [9.17, 15) is 4.39 Å². The van der Waals surface area contributed by atoms with Crippen molar-refractivity contribution < 1.29 is 4.39 Å². The molecule has 2 aromatic carbocycles. The summed E-state index contributed by atoms with van der Waals surface area (Å²) >= 11 is 0. The smallest absolute Gasteiger partial charge is 0.123 e. The summed E-state index contributed by atoms with van der Waals surface area (Å²) in [5.41, 5.74) is 8.73. The van der Waals surface area contributed by atoms with E-state index in [0.29, 0.717) is 17.8 Å². The average molecular weight is 265 g/mol. The first-order valence-electron chi connectivity index (χ1n) is 6.21. The van der Waals surface area contributed by atoms with E-state index in [1.54, 1.807) is 12.1 Å². The first-order chi connectivity index (χ1) is 9.69. The zero-order valence-electron chi connectivity index (χ0n) is 10.7. The molecular weight excluding hydrogens is 253 g/mol. The number of benzene rings is 2. The zero-order chi connectivity index (χ0) is 14.1. The molecule has 0 aliphatic rings. The fourth-order valence-corrected chi connectivity index (χ4v) is 2.35. The van der Waals surface area contributed by atoms with Crippen LogP contribution in [0.3, 0.4) is 0 Å². The van der Waals surface area contributed by atoms with Gasteiger partial charge in [-0.25, -0.2) is 4.39 Å². The third-order valence-corrected chi connectivity index (χ3v) is 3.38. The first-order valence-corrected chi connectivity index (χ1v) is 6.21. The Morgan fingerprint density at radius 1 is 1.20 bits per heavy atom. The molecule has 2 N–H and O–H groups in total. The Balaban J connectivity index is 2.08. The molecule has 0 amide bonds. The lowest BCUT2D eigenvalue weighted by Crippen LogP contribution is -2.02. The fraction of sp³-hybridized carbons (Fsp3) is 0.0625. The van der Waals surface area contributed by atoms with Crippen LogP contribution in [0.25, 0.3) is 10.9 Å². The Morgan fingerprint density at radius 2 is 2.05 bits per heavy atom. The Labute approximate surface area is 115 Å². The van der Waals surface area contributed by atoms with Crippen LogP contribution in [-0.4, -0.2) is 4.57 Å². The maximum absolute atomic E-state index is 13.3. The summed E-state index contributed by atoms with van der Waals surface area (Å²) in [6, 6.07) is 14.0. The summed E-state index contributed by atoms with van der Waals surface area (Å²) in [6.45, 7) is 0.474. The predicted molar refractivity (Wildman–Crippen MR) is 76.6 cm³/mol. The van der Waals surface area contributed by atoms with Crippen molar-refractivity contribution >= 4 is 16.6 Å². The Hall–Kier alpha value is -2.80. The molecule has 0 saturated heterocycles. The minimum absolute atomic E-state index is 0.302. The van der Waals surface area contributed by atoms with Gasteiger partial charge < -0.3 is 10.3 Å². The fourth-order valence-electron chi connectivity index (χ4n) is 2.35. The zero-order valence-corrected chi connectivity index (χ0v) is 10.7. The van der Waals surface area contributed by atoms with Gasteiger partial charge >= 0.3 is 0 Å². The molecule has 98 valence electrons. The van der Waals surface area contributed by atoms with Crippen molar-refractivity contribution in [3.8, 4) is 6.07 Å². The van der Waals surface area contributed by atoms with Gasteiger partial charge in [-0.2, -0.15) is 5.26 Å². The summed E-state index contributed by atoms with van der Waals surface area (Å²) in [5, 5.41) is 9.98. The Bertz CT molecular complexity index is 827. The van der Waals surface area contributed by atoms with Gasteiger partial charge in [0.1, 0.15) is 5.82 Å². The van der Waals surface area contributed by atoms with Crippen molar-refractivity contribution in [1.29, 1.82) is 5.26 Å². The Morgan fingerprint density at radius 3 is 2.85 bits per heavy atom. The second kappa shape index (κ2) is 4.71. The van der Waals surface area contributed by atoms with Crippen LogP contribution in [0.5, 0.6) is 0 Å². The number of nitrogens with two attached hydrogens (primary N) is 1. The number of halogens is 1. The molecule has 0 bridgehead atoms. The standard InChI is InChI=1S/C16H12FN3/c17-13-4-5-15(19)12(8-13)10-20-7-6-14-11(9-18)2-1-3-16(14)20/h1-8H,10,19H2.